The van der Waals surface area contributed by atoms with Crippen LogP contribution >= 0.6 is 15.9 Å². The number of nitrogens with one attached hydrogen (secondary N) is 1. The summed E-state index contributed by atoms with van der Waals surface area (Å²) in [5.74, 6) is 0. The Hall–Kier alpha value is -0.650. The van der Waals surface area contributed by atoms with Gasteiger partial charge in [0.15, 0.2) is 0 Å². The fourth-order valence-corrected chi connectivity index (χ4v) is 2.91. The van der Waals surface area contributed by atoms with Gasteiger partial charge in [-0.15, -0.1) is 6.58 Å². The zero-order valence-corrected chi connectivity index (χ0v) is 9.81. The molecular weight excluding hydrogens is 266 g/mol. The minimum Gasteiger partial charge on any atom is -0.207 e. The second-order valence-electron chi connectivity index (χ2n) is 2.57. The minimum absolute atomic E-state index is 0.226. The maximum Gasteiger partial charge on any atom is 0.241 e. The van der Waals surface area contributed by atoms with Crippen LogP contribution in [0.15, 0.2) is 46.3 Å². The van der Waals surface area contributed by atoms with Crippen molar-refractivity contribution in [1.29, 1.82) is 0 Å². The van der Waals surface area contributed by atoms with Crippen molar-refractivity contribution in [3.8, 4) is 0 Å². The number of hydrogen-bond donors (Lipinski definition) is 1. The van der Waals surface area contributed by atoms with Gasteiger partial charge in [-0.1, -0.05) is 18.2 Å². The smallest absolute Gasteiger partial charge is 0.207 e. The summed E-state index contributed by atoms with van der Waals surface area (Å²) in [4.78, 5) is 0.238. The molecule has 0 aromatic heterocycles. The lowest BCUT2D eigenvalue weighted by atomic mass is 10.4. The van der Waals surface area contributed by atoms with E-state index >= 15 is 0 Å². The molecule has 0 heterocycles. The summed E-state index contributed by atoms with van der Waals surface area (Å²) in [6, 6.07) is 6.65. The maximum atomic E-state index is 11.6. The van der Waals surface area contributed by atoms with Crippen molar-refractivity contribution in [2.24, 2.45) is 0 Å². The first-order chi connectivity index (χ1) is 6.58. The molecule has 0 saturated carbocycles. The van der Waals surface area contributed by atoms with Crippen LogP contribution in [-0.4, -0.2) is 15.0 Å². The highest BCUT2D eigenvalue weighted by Gasteiger charge is 2.15. The Morgan fingerprint density at radius 3 is 2.64 bits per heavy atom. The van der Waals surface area contributed by atoms with Crippen LogP contribution in [0.25, 0.3) is 0 Å². The van der Waals surface area contributed by atoms with Crippen LogP contribution in [-0.2, 0) is 10.0 Å². The van der Waals surface area contributed by atoms with Crippen LogP contribution in [0.1, 0.15) is 0 Å². The van der Waals surface area contributed by atoms with Crippen LogP contribution in [0.3, 0.4) is 0 Å². The molecule has 1 aromatic carbocycles. The Kier molecular flexibility index (Phi) is 3.86. The standard InChI is InChI=1S/C9H10BrNO2S/c1-2-7-11-14(12,13)9-6-4-3-5-8(9)10/h2-6,11H,1,7H2. The number of rotatable bonds is 4. The van der Waals surface area contributed by atoms with Crippen LogP contribution < -0.4 is 4.72 Å². The van der Waals surface area contributed by atoms with Gasteiger partial charge in [0.2, 0.25) is 10.0 Å². The third-order valence-electron chi connectivity index (χ3n) is 1.54. The summed E-state index contributed by atoms with van der Waals surface area (Å²) in [5.41, 5.74) is 0. The topological polar surface area (TPSA) is 46.2 Å². The Balaban J connectivity index is 3.04. The van der Waals surface area contributed by atoms with Crippen molar-refractivity contribution in [2.75, 3.05) is 6.54 Å². The van der Waals surface area contributed by atoms with Crippen molar-refractivity contribution in [3.05, 3.63) is 41.4 Å². The van der Waals surface area contributed by atoms with Crippen molar-refractivity contribution in [1.82, 2.24) is 4.72 Å². The first-order valence-electron chi connectivity index (χ1n) is 3.93. The molecule has 0 bridgehead atoms. The lowest BCUT2D eigenvalue weighted by molar-refractivity contribution is 0.585. The van der Waals surface area contributed by atoms with E-state index in [1.807, 2.05) is 0 Å². The Morgan fingerprint density at radius 2 is 2.07 bits per heavy atom. The Morgan fingerprint density at radius 1 is 1.43 bits per heavy atom. The van der Waals surface area contributed by atoms with Crippen LogP contribution in [0.4, 0.5) is 0 Å². The molecule has 1 N–H and O–H groups in total. The first kappa shape index (κ1) is 11.4. The predicted molar refractivity (Wildman–Crippen MR) is 59.5 cm³/mol. The first-order valence-corrected chi connectivity index (χ1v) is 6.20. The zero-order valence-electron chi connectivity index (χ0n) is 7.40. The second kappa shape index (κ2) is 4.72. The Bertz CT molecular complexity index is 428. The summed E-state index contributed by atoms with van der Waals surface area (Å²) < 4.78 is 26.2. The van der Waals surface area contributed by atoms with Crippen molar-refractivity contribution in [2.45, 2.75) is 4.90 Å². The molecule has 0 unspecified atom stereocenters. The summed E-state index contributed by atoms with van der Waals surface area (Å²) in [6.45, 7) is 3.67. The van der Waals surface area contributed by atoms with Gasteiger partial charge >= 0.3 is 0 Å². The van der Waals surface area contributed by atoms with E-state index in [-0.39, 0.29) is 11.4 Å². The lowest BCUT2D eigenvalue weighted by Gasteiger charge is -2.05. The highest BCUT2D eigenvalue weighted by atomic mass is 79.9. The fraction of sp³-hybridized carbons (Fsp3) is 0.111. The number of sulfonamides is 1. The van der Waals surface area contributed by atoms with E-state index in [0.717, 1.165) is 0 Å². The summed E-state index contributed by atoms with van der Waals surface area (Å²) in [6.07, 6.45) is 1.49. The maximum absolute atomic E-state index is 11.6. The molecule has 5 heteroatoms. The van der Waals surface area contributed by atoms with Gasteiger partial charge in [-0.25, -0.2) is 13.1 Å². The molecule has 0 aliphatic carbocycles. The molecule has 0 amide bonds. The van der Waals surface area contributed by atoms with Gasteiger partial charge in [0.1, 0.15) is 0 Å². The van der Waals surface area contributed by atoms with Crippen LogP contribution in [0.2, 0.25) is 0 Å². The molecule has 3 nitrogen and oxygen atoms in total. The quantitative estimate of drug-likeness (QED) is 0.854. The van der Waals surface area contributed by atoms with E-state index in [4.69, 9.17) is 0 Å². The predicted octanol–water partition coefficient (Wildman–Crippen LogP) is 1.91. The molecule has 0 saturated heterocycles. The normalized spacial score (nSPS) is 11.2. The number of halogens is 1. The van der Waals surface area contributed by atoms with Crippen molar-refractivity contribution in [3.63, 3.8) is 0 Å². The SMILES string of the molecule is C=CCNS(=O)(=O)c1ccccc1Br. The van der Waals surface area contributed by atoms with Gasteiger partial charge in [-0.05, 0) is 28.1 Å². The molecule has 0 fully saturated rings. The molecule has 0 aliphatic heterocycles. The Labute approximate surface area is 92.0 Å². The molecule has 76 valence electrons. The third kappa shape index (κ3) is 2.67. The summed E-state index contributed by atoms with van der Waals surface area (Å²) >= 11 is 3.18. The lowest BCUT2D eigenvalue weighted by Crippen LogP contribution is -2.23. The number of benzene rings is 1. The monoisotopic (exact) mass is 275 g/mol. The fourth-order valence-electron chi connectivity index (χ4n) is 0.909. The van der Waals surface area contributed by atoms with Gasteiger partial charge in [-0.3, -0.25) is 0 Å². The second-order valence-corrected chi connectivity index (χ2v) is 5.16. The van der Waals surface area contributed by atoms with Gasteiger partial charge in [0.05, 0.1) is 4.90 Å². The van der Waals surface area contributed by atoms with E-state index in [9.17, 15) is 8.42 Å². The van der Waals surface area contributed by atoms with Gasteiger partial charge < -0.3 is 0 Å². The zero-order chi connectivity index (χ0) is 10.6. The average Bonchev–Trinajstić information content (AvgIpc) is 2.15. The molecule has 0 aliphatic rings. The largest absolute Gasteiger partial charge is 0.241 e. The molecule has 14 heavy (non-hydrogen) atoms. The van der Waals surface area contributed by atoms with Gasteiger partial charge in [-0.2, -0.15) is 0 Å². The third-order valence-corrected chi connectivity index (χ3v) is 3.98. The van der Waals surface area contributed by atoms with Crippen molar-refractivity contribution < 1.29 is 8.42 Å². The van der Waals surface area contributed by atoms with Crippen LogP contribution in [0, 0.1) is 0 Å². The van der Waals surface area contributed by atoms with Gasteiger partial charge in [0, 0.05) is 11.0 Å². The molecule has 0 spiro atoms. The van der Waals surface area contributed by atoms with Crippen molar-refractivity contribution >= 4 is 26.0 Å². The highest BCUT2D eigenvalue weighted by Crippen LogP contribution is 2.20. The molecular formula is C9H10BrNO2S. The average molecular weight is 276 g/mol. The van der Waals surface area contributed by atoms with E-state index in [2.05, 4.69) is 27.2 Å². The molecule has 1 rings (SSSR count). The molecule has 0 atom stereocenters. The van der Waals surface area contributed by atoms with Crippen LogP contribution in [0.5, 0.6) is 0 Å². The van der Waals surface area contributed by atoms with E-state index in [1.165, 1.54) is 12.1 Å². The summed E-state index contributed by atoms with van der Waals surface area (Å²) in [5, 5.41) is 0. The van der Waals surface area contributed by atoms with E-state index in [1.54, 1.807) is 18.2 Å². The highest BCUT2D eigenvalue weighted by molar-refractivity contribution is 9.10. The van der Waals surface area contributed by atoms with Gasteiger partial charge in [0.25, 0.3) is 0 Å². The minimum atomic E-state index is -3.42. The van der Waals surface area contributed by atoms with E-state index < -0.39 is 10.0 Å². The number of hydrogen-bond acceptors (Lipinski definition) is 2. The van der Waals surface area contributed by atoms with E-state index in [0.29, 0.717) is 4.47 Å². The summed E-state index contributed by atoms with van der Waals surface area (Å²) in [7, 11) is -3.42. The molecule has 0 radical (unpaired) electrons. The molecule has 1 aromatic rings.